The van der Waals surface area contributed by atoms with Gasteiger partial charge in [0.1, 0.15) is 5.75 Å². The molecule has 0 radical (unpaired) electrons. The van der Waals surface area contributed by atoms with E-state index in [4.69, 9.17) is 4.74 Å². The summed E-state index contributed by atoms with van der Waals surface area (Å²) >= 11 is 0. The van der Waals surface area contributed by atoms with Crippen LogP contribution in [-0.2, 0) is 9.53 Å². The summed E-state index contributed by atoms with van der Waals surface area (Å²) < 4.78 is 4.84. The van der Waals surface area contributed by atoms with Crippen molar-refractivity contribution in [2.24, 2.45) is 0 Å². The van der Waals surface area contributed by atoms with Gasteiger partial charge in [-0.3, -0.25) is 4.79 Å². The number of nitrogens with one attached hydrogen (secondary N) is 2. The van der Waals surface area contributed by atoms with Gasteiger partial charge >= 0.3 is 0 Å². The highest BCUT2D eigenvalue weighted by atomic mass is 16.5. The molecule has 1 aromatic carbocycles. The van der Waals surface area contributed by atoms with Gasteiger partial charge in [0.15, 0.2) is 0 Å². The number of hydrogen-bond acceptors (Lipinski definition) is 4. The Morgan fingerprint density at radius 2 is 2.24 bits per heavy atom. The Hall–Kier alpha value is -1.59. The molecule has 3 N–H and O–H groups in total. The monoisotopic (exact) mass is 238 g/mol. The largest absolute Gasteiger partial charge is 0.505 e. The highest BCUT2D eigenvalue weighted by molar-refractivity contribution is 5.93. The number of phenols is 1. The second kappa shape index (κ2) is 6.88. The first-order valence-corrected chi connectivity index (χ1v) is 5.43. The Morgan fingerprint density at radius 3 is 2.94 bits per heavy atom. The van der Waals surface area contributed by atoms with Gasteiger partial charge in [-0.25, -0.2) is 0 Å². The normalized spacial score (nSPS) is 10.2. The number of aromatic hydroxyl groups is 1. The molecule has 0 fully saturated rings. The van der Waals surface area contributed by atoms with Crippen molar-refractivity contribution in [2.45, 2.75) is 6.92 Å². The molecule has 0 saturated carbocycles. The van der Waals surface area contributed by atoms with Crippen molar-refractivity contribution in [3.05, 3.63) is 23.8 Å². The van der Waals surface area contributed by atoms with Gasteiger partial charge in [-0.15, -0.1) is 0 Å². The standard InChI is InChI=1S/C12H18N2O3/c1-9-4-3-5-10(12(9)16)14-11(15)8-13-6-7-17-2/h3-5,13,16H,6-8H2,1-2H3,(H,14,15). The summed E-state index contributed by atoms with van der Waals surface area (Å²) in [6, 6.07) is 5.22. The van der Waals surface area contributed by atoms with Crippen molar-refractivity contribution in [1.29, 1.82) is 0 Å². The first-order chi connectivity index (χ1) is 8.15. The SMILES string of the molecule is COCCNCC(=O)Nc1cccc(C)c1O. The minimum atomic E-state index is -0.193. The van der Waals surface area contributed by atoms with E-state index in [1.54, 1.807) is 32.2 Å². The molecule has 1 aromatic rings. The summed E-state index contributed by atoms with van der Waals surface area (Å²) in [5, 5.41) is 15.3. The maximum absolute atomic E-state index is 11.5. The van der Waals surface area contributed by atoms with Gasteiger partial charge in [0.05, 0.1) is 18.8 Å². The molecule has 0 aliphatic carbocycles. The van der Waals surface area contributed by atoms with Gasteiger partial charge in [0, 0.05) is 13.7 Å². The molecule has 5 heteroatoms. The van der Waals surface area contributed by atoms with Gasteiger partial charge in [-0.2, -0.15) is 0 Å². The third-order valence-corrected chi connectivity index (χ3v) is 2.28. The first kappa shape index (κ1) is 13.5. The van der Waals surface area contributed by atoms with Crippen LogP contribution in [0.1, 0.15) is 5.56 Å². The smallest absolute Gasteiger partial charge is 0.238 e. The Morgan fingerprint density at radius 1 is 1.47 bits per heavy atom. The number of hydrogen-bond donors (Lipinski definition) is 3. The van der Waals surface area contributed by atoms with Gasteiger partial charge in [0.2, 0.25) is 5.91 Å². The lowest BCUT2D eigenvalue weighted by Gasteiger charge is -2.09. The Bertz CT molecular complexity index is 380. The highest BCUT2D eigenvalue weighted by Gasteiger charge is 2.07. The van der Waals surface area contributed by atoms with E-state index in [9.17, 15) is 9.90 Å². The molecule has 5 nitrogen and oxygen atoms in total. The number of methoxy groups -OCH3 is 1. The second-order valence-corrected chi connectivity index (χ2v) is 3.69. The number of anilines is 1. The van der Waals surface area contributed by atoms with Crippen LogP contribution in [0.5, 0.6) is 5.75 Å². The van der Waals surface area contributed by atoms with Crippen molar-refractivity contribution in [3.63, 3.8) is 0 Å². The molecule has 0 bridgehead atoms. The van der Waals surface area contributed by atoms with Crippen LogP contribution in [0.25, 0.3) is 0 Å². The van der Waals surface area contributed by atoms with Crippen LogP contribution in [0, 0.1) is 6.92 Å². The number of para-hydroxylation sites is 1. The van der Waals surface area contributed by atoms with E-state index < -0.39 is 0 Å². The molecule has 0 heterocycles. The van der Waals surface area contributed by atoms with Crippen LogP contribution >= 0.6 is 0 Å². The molecule has 17 heavy (non-hydrogen) atoms. The van der Waals surface area contributed by atoms with Crippen LogP contribution < -0.4 is 10.6 Å². The van der Waals surface area contributed by atoms with Gasteiger partial charge in [-0.05, 0) is 18.6 Å². The predicted octanol–water partition coefficient (Wildman–Crippen LogP) is 0.875. The van der Waals surface area contributed by atoms with E-state index in [1.165, 1.54) is 0 Å². The number of carbonyl (C=O) groups excluding carboxylic acids is 1. The lowest BCUT2D eigenvalue weighted by molar-refractivity contribution is -0.115. The van der Waals surface area contributed by atoms with Crippen molar-refractivity contribution in [1.82, 2.24) is 5.32 Å². The zero-order valence-corrected chi connectivity index (χ0v) is 10.1. The molecule has 0 spiro atoms. The van der Waals surface area contributed by atoms with E-state index >= 15 is 0 Å². The summed E-state index contributed by atoms with van der Waals surface area (Å²) in [6.45, 7) is 3.14. The predicted molar refractivity (Wildman–Crippen MR) is 66.2 cm³/mol. The number of amides is 1. The number of carbonyl (C=O) groups is 1. The molecule has 0 atom stereocenters. The molecular weight excluding hydrogens is 220 g/mol. The van der Waals surface area contributed by atoms with Crippen molar-refractivity contribution < 1.29 is 14.6 Å². The van der Waals surface area contributed by atoms with Gasteiger partial charge in [0.25, 0.3) is 0 Å². The molecule has 0 aliphatic rings. The Kier molecular flexibility index (Phi) is 5.45. The summed E-state index contributed by atoms with van der Waals surface area (Å²) in [6.07, 6.45) is 0. The van der Waals surface area contributed by atoms with E-state index in [1.807, 2.05) is 0 Å². The van der Waals surface area contributed by atoms with E-state index in [0.29, 0.717) is 18.8 Å². The number of phenolic OH excluding ortho intramolecular Hbond substituents is 1. The van der Waals surface area contributed by atoms with Crippen LogP contribution in [0.2, 0.25) is 0 Å². The molecular formula is C12H18N2O3. The quantitative estimate of drug-likeness (QED) is 0.508. The molecule has 1 amide bonds. The Labute approximate surface area is 101 Å². The minimum Gasteiger partial charge on any atom is -0.505 e. The highest BCUT2D eigenvalue weighted by Crippen LogP contribution is 2.26. The topological polar surface area (TPSA) is 70.6 Å². The fourth-order valence-electron chi connectivity index (χ4n) is 1.33. The lowest BCUT2D eigenvalue weighted by atomic mass is 10.2. The fraction of sp³-hybridized carbons (Fsp3) is 0.417. The van der Waals surface area contributed by atoms with E-state index in [0.717, 1.165) is 5.56 Å². The zero-order chi connectivity index (χ0) is 12.7. The van der Waals surface area contributed by atoms with Crippen LogP contribution in [0.15, 0.2) is 18.2 Å². The molecule has 0 unspecified atom stereocenters. The molecule has 0 aromatic heterocycles. The number of rotatable bonds is 6. The number of ether oxygens (including phenoxy) is 1. The maximum Gasteiger partial charge on any atom is 0.238 e. The average Bonchev–Trinajstić information content (AvgIpc) is 2.31. The third-order valence-electron chi connectivity index (χ3n) is 2.28. The van der Waals surface area contributed by atoms with Crippen LogP contribution in [-0.4, -0.2) is 37.8 Å². The summed E-state index contributed by atoms with van der Waals surface area (Å²) in [5.74, 6) is -0.0836. The summed E-state index contributed by atoms with van der Waals surface area (Å²) in [4.78, 5) is 11.5. The van der Waals surface area contributed by atoms with Gasteiger partial charge < -0.3 is 20.5 Å². The Balaban J connectivity index is 2.43. The summed E-state index contributed by atoms with van der Waals surface area (Å²) in [5.41, 5.74) is 1.17. The molecule has 1 rings (SSSR count). The second-order valence-electron chi connectivity index (χ2n) is 3.69. The van der Waals surface area contributed by atoms with Crippen molar-refractivity contribution in [3.8, 4) is 5.75 Å². The number of aryl methyl sites for hydroxylation is 1. The van der Waals surface area contributed by atoms with E-state index in [2.05, 4.69) is 10.6 Å². The lowest BCUT2D eigenvalue weighted by Crippen LogP contribution is -2.30. The van der Waals surface area contributed by atoms with Gasteiger partial charge in [-0.1, -0.05) is 12.1 Å². The molecule has 94 valence electrons. The van der Waals surface area contributed by atoms with Crippen LogP contribution in [0.3, 0.4) is 0 Å². The summed E-state index contributed by atoms with van der Waals surface area (Å²) in [7, 11) is 1.60. The number of benzene rings is 1. The van der Waals surface area contributed by atoms with Crippen LogP contribution in [0.4, 0.5) is 5.69 Å². The van der Waals surface area contributed by atoms with Crippen molar-refractivity contribution in [2.75, 3.05) is 32.1 Å². The third kappa shape index (κ3) is 4.42. The maximum atomic E-state index is 11.5. The zero-order valence-electron chi connectivity index (χ0n) is 10.1. The first-order valence-electron chi connectivity index (χ1n) is 5.43. The average molecular weight is 238 g/mol. The van der Waals surface area contributed by atoms with Crippen molar-refractivity contribution >= 4 is 11.6 Å². The molecule has 0 aliphatic heterocycles. The minimum absolute atomic E-state index is 0.109. The molecule has 0 saturated heterocycles. The fourth-order valence-corrected chi connectivity index (χ4v) is 1.33. The van der Waals surface area contributed by atoms with E-state index in [-0.39, 0.29) is 18.2 Å².